The highest BCUT2D eigenvalue weighted by atomic mass is 32.2. The van der Waals surface area contributed by atoms with E-state index >= 15 is 0 Å². The van der Waals surface area contributed by atoms with E-state index in [4.69, 9.17) is 5.73 Å². The van der Waals surface area contributed by atoms with Crippen molar-refractivity contribution in [2.75, 3.05) is 29.4 Å². The minimum atomic E-state index is -0.259. The van der Waals surface area contributed by atoms with E-state index in [0.717, 1.165) is 22.5 Å². The molecule has 0 saturated heterocycles. The van der Waals surface area contributed by atoms with Gasteiger partial charge in [0.15, 0.2) is 0 Å². The molecule has 0 aliphatic carbocycles. The van der Waals surface area contributed by atoms with Gasteiger partial charge in [0.25, 0.3) is 11.8 Å². The fourth-order valence-electron chi connectivity index (χ4n) is 4.87. The number of pyridine rings is 1. The molecule has 2 amide bonds. The van der Waals surface area contributed by atoms with E-state index in [2.05, 4.69) is 51.2 Å². The predicted octanol–water partition coefficient (Wildman–Crippen LogP) is 5.95. The summed E-state index contributed by atoms with van der Waals surface area (Å²) in [6.07, 6.45) is 5.42. The predicted molar refractivity (Wildman–Crippen MR) is 182 cm³/mol. The summed E-state index contributed by atoms with van der Waals surface area (Å²) < 4.78 is 2.08. The number of hydrogen-bond donors (Lipinski definition) is 4. The van der Waals surface area contributed by atoms with Crippen LogP contribution in [0.15, 0.2) is 97.3 Å². The maximum atomic E-state index is 13.5. The van der Waals surface area contributed by atoms with Crippen molar-refractivity contribution < 1.29 is 9.59 Å². The average molecular weight is 611 g/mol. The van der Waals surface area contributed by atoms with E-state index in [1.807, 2.05) is 79.9 Å². The fraction of sp³-hybridized carbons (Fsp3) is 0.286. The van der Waals surface area contributed by atoms with Crippen molar-refractivity contribution in [2.45, 2.75) is 45.3 Å². The number of rotatable bonds is 14. The topological polar surface area (TPSA) is 112 Å². The van der Waals surface area contributed by atoms with Crippen LogP contribution in [0.2, 0.25) is 0 Å². The molecule has 3 atom stereocenters. The highest BCUT2D eigenvalue weighted by molar-refractivity contribution is 7.99. The third kappa shape index (κ3) is 9.08. The van der Waals surface area contributed by atoms with Gasteiger partial charge in [-0.15, -0.1) is 0 Å². The first-order valence-corrected chi connectivity index (χ1v) is 16.0. The highest BCUT2D eigenvalue weighted by Gasteiger charge is 2.19. The van der Waals surface area contributed by atoms with Gasteiger partial charge in [0.2, 0.25) is 0 Å². The van der Waals surface area contributed by atoms with E-state index in [1.165, 1.54) is 5.56 Å². The lowest BCUT2D eigenvalue weighted by molar-refractivity contribution is 0.0940. The molecule has 3 aromatic carbocycles. The zero-order valence-electron chi connectivity index (χ0n) is 25.8. The molecule has 0 bridgehead atoms. The van der Waals surface area contributed by atoms with Crippen LogP contribution >= 0.6 is 11.9 Å². The number of aromatic nitrogens is 1. The SMILES string of the molecule is CSN(Cc1ccccc1)c1cc(C(=O)NCCN[C@@H](C)[C@H](C)c2ccc(N)cc2)cc(C(=O)NC(C)c2cccnc2)c1. The molecular weight excluding hydrogens is 568 g/mol. The maximum absolute atomic E-state index is 13.5. The molecule has 0 fully saturated rings. The lowest BCUT2D eigenvalue weighted by Crippen LogP contribution is -2.38. The first kappa shape index (κ1) is 32.6. The number of nitrogen functional groups attached to an aromatic ring is 1. The number of nitrogens with two attached hydrogens (primary N) is 1. The Hall–Kier alpha value is -4.34. The van der Waals surface area contributed by atoms with Crippen molar-refractivity contribution in [1.29, 1.82) is 0 Å². The number of carbonyl (C=O) groups excluding carboxylic acids is 2. The van der Waals surface area contributed by atoms with Gasteiger partial charge in [-0.3, -0.25) is 14.6 Å². The third-order valence-corrected chi connectivity index (χ3v) is 8.52. The van der Waals surface area contributed by atoms with Crippen molar-refractivity contribution in [2.24, 2.45) is 0 Å². The summed E-state index contributed by atoms with van der Waals surface area (Å²) in [4.78, 5) is 31.0. The van der Waals surface area contributed by atoms with Crippen LogP contribution in [0.3, 0.4) is 0 Å². The van der Waals surface area contributed by atoms with Crippen molar-refractivity contribution in [1.82, 2.24) is 20.9 Å². The normalized spacial score (nSPS) is 13.0. The van der Waals surface area contributed by atoms with Gasteiger partial charge in [-0.1, -0.05) is 67.4 Å². The van der Waals surface area contributed by atoms with Crippen LogP contribution in [0.25, 0.3) is 0 Å². The molecule has 1 unspecified atom stereocenters. The minimum Gasteiger partial charge on any atom is -0.399 e. The molecule has 0 radical (unpaired) electrons. The Labute approximate surface area is 265 Å². The van der Waals surface area contributed by atoms with Crippen LogP contribution in [0, 0.1) is 0 Å². The van der Waals surface area contributed by atoms with Crippen molar-refractivity contribution >= 4 is 35.1 Å². The number of benzene rings is 3. The smallest absolute Gasteiger partial charge is 0.251 e. The van der Waals surface area contributed by atoms with Gasteiger partial charge in [0.05, 0.1) is 12.6 Å². The number of carbonyl (C=O) groups is 2. The zero-order valence-corrected chi connectivity index (χ0v) is 26.6. The first-order chi connectivity index (χ1) is 21.2. The Morgan fingerprint density at radius 3 is 2.23 bits per heavy atom. The van der Waals surface area contributed by atoms with E-state index in [-0.39, 0.29) is 29.8 Å². The monoisotopic (exact) mass is 610 g/mol. The molecule has 4 rings (SSSR count). The van der Waals surface area contributed by atoms with Gasteiger partial charge >= 0.3 is 0 Å². The van der Waals surface area contributed by atoms with Crippen LogP contribution in [-0.2, 0) is 6.54 Å². The largest absolute Gasteiger partial charge is 0.399 e. The summed E-state index contributed by atoms with van der Waals surface area (Å²) in [7, 11) is 0. The van der Waals surface area contributed by atoms with E-state index in [0.29, 0.717) is 30.8 Å². The Balaban J connectivity index is 1.47. The number of amides is 2. The fourth-order valence-corrected chi connectivity index (χ4v) is 5.46. The molecule has 1 heterocycles. The minimum absolute atomic E-state index is 0.198. The average Bonchev–Trinajstić information content (AvgIpc) is 3.06. The van der Waals surface area contributed by atoms with E-state index in [1.54, 1.807) is 30.4 Å². The standard InChI is InChI=1S/C35H42N6O2S/c1-24(28-12-14-32(36)15-13-28)25(2)38-17-18-39-34(42)30-19-31(35(43)40-26(3)29-11-8-16-37-22-29)21-33(20-30)41(44-4)23-27-9-6-5-7-10-27/h5-16,19-22,24-26,38H,17-18,23,36H2,1-4H3,(H,39,42)(H,40,43)/t24-,25-,26?/m0/s1. The second kappa shape index (κ2) is 15.9. The van der Waals surface area contributed by atoms with Crippen LogP contribution in [0.1, 0.15) is 70.1 Å². The van der Waals surface area contributed by atoms with Gasteiger partial charge in [-0.25, -0.2) is 0 Å². The number of anilines is 2. The zero-order chi connectivity index (χ0) is 31.5. The molecule has 0 aliphatic rings. The maximum Gasteiger partial charge on any atom is 0.251 e. The van der Waals surface area contributed by atoms with E-state index in [9.17, 15) is 9.59 Å². The third-order valence-electron chi connectivity index (χ3n) is 7.74. The van der Waals surface area contributed by atoms with Gasteiger partial charge in [-0.2, -0.15) is 0 Å². The Bertz CT molecular complexity index is 1500. The summed E-state index contributed by atoms with van der Waals surface area (Å²) in [6.45, 7) is 7.88. The molecule has 0 saturated carbocycles. The molecule has 5 N–H and O–H groups in total. The van der Waals surface area contributed by atoms with E-state index < -0.39 is 0 Å². The van der Waals surface area contributed by atoms with Crippen LogP contribution < -0.4 is 26.0 Å². The Kier molecular flexibility index (Phi) is 11.8. The van der Waals surface area contributed by atoms with Crippen molar-refractivity contribution in [3.63, 3.8) is 0 Å². The molecule has 0 spiro atoms. The number of nitrogens with one attached hydrogen (secondary N) is 3. The molecule has 1 aromatic heterocycles. The molecule has 4 aromatic rings. The Morgan fingerprint density at radius 2 is 1.57 bits per heavy atom. The second-order valence-electron chi connectivity index (χ2n) is 10.9. The summed E-state index contributed by atoms with van der Waals surface area (Å²) in [5.41, 5.74) is 11.4. The molecular formula is C35H42N6O2S. The van der Waals surface area contributed by atoms with Crippen LogP contribution in [0.4, 0.5) is 11.4 Å². The van der Waals surface area contributed by atoms with Crippen molar-refractivity contribution in [3.8, 4) is 0 Å². The summed E-state index contributed by atoms with van der Waals surface area (Å²) >= 11 is 1.54. The molecule has 8 nitrogen and oxygen atoms in total. The van der Waals surface area contributed by atoms with Gasteiger partial charge in [-0.05, 0) is 72.9 Å². The molecule has 44 heavy (non-hydrogen) atoms. The van der Waals surface area contributed by atoms with Gasteiger partial charge in [0.1, 0.15) is 0 Å². The number of nitrogens with zero attached hydrogens (tertiary/aromatic N) is 2. The lowest BCUT2D eigenvalue weighted by Gasteiger charge is -2.24. The van der Waals surface area contributed by atoms with Gasteiger partial charge in [0, 0.05) is 60.3 Å². The molecule has 230 valence electrons. The lowest BCUT2D eigenvalue weighted by atomic mass is 9.94. The summed E-state index contributed by atoms with van der Waals surface area (Å²) in [6, 6.07) is 27.1. The quantitative estimate of drug-likeness (QED) is 0.0793. The first-order valence-electron chi connectivity index (χ1n) is 14.8. The number of hydrogen-bond acceptors (Lipinski definition) is 7. The van der Waals surface area contributed by atoms with Crippen molar-refractivity contribution in [3.05, 3.63) is 125 Å². The van der Waals surface area contributed by atoms with Crippen LogP contribution in [-0.4, -0.2) is 42.2 Å². The summed E-state index contributed by atoms with van der Waals surface area (Å²) in [5, 5.41) is 9.58. The molecule has 0 aliphatic heterocycles. The van der Waals surface area contributed by atoms with Crippen LogP contribution in [0.5, 0.6) is 0 Å². The second-order valence-corrected chi connectivity index (χ2v) is 11.7. The van der Waals surface area contributed by atoms with Gasteiger partial charge < -0.3 is 26.0 Å². The Morgan fingerprint density at radius 1 is 0.864 bits per heavy atom. The summed E-state index contributed by atoms with van der Waals surface area (Å²) in [5.74, 6) is -0.214. The highest BCUT2D eigenvalue weighted by Crippen LogP contribution is 2.27. The molecule has 9 heteroatoms.